The molecule has 1 rings (SSSR count). The highest BCUT2D eigenvalue weighted by Crippen LogP contribution is 2.39. The zero-order chi connectivity index (χ0) is 11.4. The van der Waals surface area contributed by atoms with Crippen molar-refractivity contribution in [3.63, 3.8) is 0 Å². The minimum atomic E-state index is 0.111. The molecule has 0 aliphatic heterocycles. The molecule has 15 heavy (non-hydrogen) atoms. The molecule has 0 unspecified atom stereocenters. The van der Waals surface area contributed by atoms with E-state index in [1.54, 1.807) is 6.07 Å². The molecule has 82 valence electrons. The van der Waals surface area contributed by atoms with Crippen LogP contribution in [-0.4, -0.2) is 18.8 Å². The Morgan fingerprint density at radius 3 is 2.80 bits per heavy atom. The average Bonchev–Trinajstić information content (AvgIpc) is 2.23. The summed E-state index contributed by atoms with van der Waals surface area (Å²) in [5.74, 6) is 0.573. The van der Waals surface area contributed by atoms with Gasteiger partial charge in [0, 0.05) is 6.54 Å². The second-order valence-corrected chi connectivity index (χ2v) is 3.90. The number of benzene rings is 1. The molecule has 0 aliphatic rings. The van der Waals surface area contributed by atoms with Gasteiger partial charge < -0.3 is 15.6 Å². The molecule has 1 aromatic carbocycles. The molecule has 0 bridgehead atoms. The standard InChI is InChI=1S/C11H14BrNO2/c1-7-6-9(15-2)11(14)10(12)8(7)4-3-5-13/h3-4,6,14H,5,13H2,1-2H3/b4-3+. The number of phenols is 1. The molecule has 0 saturated heterocycles. The van der Waals surface area contributed by atoms with E-state index in [0.717, 1.165) is 11.1 Å². The molecule has 1 aromatic rings. The van der Waals surface area contributed by atoms with Crippen LogP contribution in [-0.2, 0) is 0 Å². The Balaban J connectivity index is 3.29. The van der Waals surface area contributed by atoms with Gasteiger partial charge in [-0.2, -0.15) is 0 Å². The van der Waals surface area contributed by atoms with E-state index in [1.807, 2.05) is 19.1 Å². The second-order valence-electron chi connectivity index (χ2n) is 3.11. The van der Waals surface area contributed by atoms with Gasteiger partial charge in [0.1, 0.15) is 0 Å². The van der Waals surface area contributed by atoms with E-state index in [-0.39, 0.29) is 5.75 Å². The first-order valence-corrected chi connectivity index (χ1v) is 5.33. The Labute approximate surface area is 97.7 Å². The number of hydrogen-bond acceptors (Lipinski definition) is 3. The quantitative estimate of drug-likeness (QED) is 0.888. The lowest BCUT2D eigenvalue weighted by Gasteiger charge is -2.10. The Hall–Kier alpha value is -1.00. The van der Waals surface area contributed by atoms with Gasteiger partial charge in [0.2, 0.25) is 0 Å². The highest BCUT2D eigenvalue weighted by molar-refractivity contribution is 9.10. The van der Waals surface area contributed by atoms with Gasteiger partial charge in [-0.05, 0) is 40.0 Å². The third kappa shape index (κ3) is 2.52. The molecule has 0 amide bonds. The molecular formula is C11H14BrNO2. The van der Waals surface area contributed by atoms with E-state index in [4.69, 9.17) is 10.5 Å². The maximum Gasteiger partial charge on any atom is 0.172 e. The molecule has 3 N–H and O–H groups in total. The maximum absolute atomic E-state index is 9.77. The first kappa shape index (κ1) is 12.1. The summed E-state index contributed by atoms with van der Waals surface area (Å²) in [4.78, 5) is 0. The smallest absolute Gasteiger partial charge is 0.172 e. The molecule has 0 atom stereocenters. The number of nitrogens with two attached hydrogens (primary N) is 1. The van der Waals surface area contributed by atoms with Crippen LogP contribution in [0.15, 0.2) is 16.6 Å². The Kier molecular flexibility index (Phi) is 4.17. The summed E-state index contributed by atoms with van der Waals surface area (Å²) in [6, 6.07) is 1.79. The van der Waals surface area contributed by atoms with Crippen LogP contribution in [0.3, 0.4) is 0 Å². The summed E-state index contributed by atoms with van der Waals surface area (Å²) >= 11 is 3.33. The second kappa shape index (κ2) is 5.19. The first-order chi connectivity index (χ1) is 7.11. The lowest BCUT2D eigenvalue weighted by atomic mass is 10.1. The fourth-order valence-corrected chi connectivity index (χ4v) is 1.94. The molecule has 0 heterocycles. The summed E-state index contributed by atoms with van der Waals surface area (Å²) in [6.45, 7) is 2.42. The van der Waals surface area contributed by atoms with Crippen molar-refractivity contribution >= 4 is 22.0 Å². The van der Waals surface area contributed by atoms with Gasteiger partial charge in [0.25, 0.3) is 0 Å². The summed E-state index contributed by atoms with van der Waals surface area (Å²) < 4.78 is 5.67. The van der Waals surface area contributed by atoms with Crippen molar-refractivity contribution in [3.05, 3.63) is 27.7 Å². The lowest BCUT2D eigenvalue weighted by molar-refractivity contribution is 0.371. The van der Waals surface area contributed by atoms with Crippen molar-refractivity contribution in [3.8, 4) is 11.5 Å². The van der Waals surface area contributed by atoms with E-state index in [0.29, 0.717) is 16.8 Å². The van der Waals surface area contributed by atoms with Crippen molar-refractivity contribution in [2.24, 2.45) is 5.73 Å². The van der Waals surface area contributed by atoms with Gasteiger partial charge in [0.05, 0.1) is 11.6 Å². The van der Waals surface area contributed by atoms with Crippen molar-refractivity contribution < 1.29 is 9.84 Å². The third-order valence-electron chi connectivity index (χ3n) is 2.09. The van der Waals surface area contributed by atoms with Gasteiger partial charge in [0.15, 0.2) is 11.5 Å². The Morgan fingerprint density at radius 1 is 1.60 bits per heavy atom. The fourth-order valence-electron chi connectivity index (χ4n) is 1.30. The van der Waals surface area contributed by atoms with Crippen LogP contribution in [0, 0.1) is 6.92 Å². The molecule has 0 spiro atoms. The van der Waals surface area contributed by atoms with Gasteiger partial charge in [-0.3, -0.25) is 0 Å². The first-order valence-electron chi connectivity index (χ1n) is 4.54. The predicted molar refractivity (Wildman–Crippen MR) is 65.2 cm³/mol. The number of phenolic OH excluding ortho intramolecular Hbond substituents is 1. The molecule has 0 fully saturated rings. The van der Waals surface area contributed by atoms with Crippen LogP contribution < -0.4 is 10.5 Å². The molecular weight excluding hydrogens is 258 g/mol. The van der Waals surface area contributed by atoms with Gasteiger partial charge >= 0.3 is 0 Å². The topological polar surface area (TPSA) is 55.5 Å². The number of ether oxygens (including phenoxy) is 1. The van der Waals surface area contributed by atoms with Crippen LogP contribution in [0.2, 0.25) is 0 Å². The van der Waals surface area contributed by atoms with E-state index in [2.05, 4.69) is 15.9 Å². The predicted octanol–water partition coefficient (Wildman–Crippen LogP) is 2.44. The Morgan fingerprint density at radius 2 is 2.27 bits per heavy atom. The van der Waals surface area contributed by atoms with Crippen molar-refractivity contribution in [2.75, 3.05) is 13.7 Å². The van der Waals surface area contributed by atoms with Crippen molar-refractivity contribution in [2.45, 2.75) is 6.92 Å². The zero-order valence-electron chi connectivity index (χ0n) is 8.75. The largest absolute Gasteiger partial charge is 0.503 e. The number of aryl methyl sites for hydroxylation is 1. The normalized spacial score (nSPS) is 10.9. The van der Waals surface area contributed by atoms with Crippen molar-refractivity contribution in [1.82, 2.24) is 0 Å². The molecule has 0 radical (unpaired) electrons. The minimum absolute atomic E-state index is 0.111. The molecule has 0 saturated carbocycles. The molecule has 4 heteroatoms. The van der Waals surface area contributed by atoms with Crippen LogP contribution in [0.25, 0.3) is 6.08 Å². The van der Waals surface area contributed by atoms with E-state index in [9.17, 15) is 5.11 Å². The SMILES string of the molecule is COc1cc(C)c(/C=C/CN)c(Br)c1O. The Bertz CT molecular complexity index is 389. The van der Waals surface area contributed by atoms with E-state index in [1.165, 1.54) is 7.11 Å². The van der Waals surface area contributed by atoms with E-state index >= 15 is 0 Å². The van der Waals surface area contributed by atoms with Crippen LogP contribution in [0.5, 0.6) is 11.5 Å². The van der Waals surface area contributed by atoms with Gasteiger partial charge in [-0.25, -0.2) is 0 Å². The third-order valence-corrected chi connectivity index (χ3v) is 2.89. The number of rotatable bonds is 3. The summed E-state index contributed by atoms with van der Waals surface area (Å²) in [5, 5.41) is 9.77. The van der Waals surface area contributed by atoms with Crippen LogP contribution in [0.1, 0.15) is 11.1 Å². The summed E-state index contributed by atoms with van der Waals surface area (Å²) in [7, 11) is 1.52. The lowest BCUT2D eigenvalue weighted by Crippen LogP contribution is -1.94. The monoisotopic (exact) mass is 271 g/mol. The molecule has 0 aromatic heterocycles. The highest BCUT2D eigenvalue weighted by atomic mass is 79.9. The minimum Gasteiger partial charge on any atom is -0.503 e. The van der Waals surface area contributed by atoms with Crippen molar-refractivity contribution in [1.29, 1.82) is 0 Å². The average molecular weight is 272 g/mol. The zero-order valence-corrected chi connectivity index (χ0v) is 10.3. The maximum atomic E-state index is 9.77. The molecule has 0 aliphatic carbocycles. The van der Waals surface area contributed by atoms with Crippen LogP contribution in [0.4, 0.5) is 0 Å². The number of aromatic hydroxyl groups is 1. The van der Waals surface area contributed by atoms with Gasteiger partial charge in [-0.1, -0.05) is 12.2 Å². The fraction of sp³-hybridized carbons (Fsp3) is 0.273. The summed E-state index contributed by atoms with van der Waals surface area (Å²) in [5.41, 5.74) is 7.31. The van der Waals surface area contributed by atoms with E-state index < -0.39 is 0 Å². The van der Waals surface area contributed by atoms with Gasteiger partial charge in [-0.15, -0.1) is 0 Å². The number of halogens is 1. The number of hydrogen-bond donors (Lipinski definition) is 2. The number of methoxy groups -OCH3 is 1. The molecule has 3 nitrogen and oxygen atoms in total. The summed E-state index contributed by atoms with van der Waals surface area (Å²) in [6.07, 6.45) is 3.71. The van der Waals surface area contributed by atoms with Crippen LogP contribution >= 0.6 is 15.9 Å². The highest BCUT2D eigenvalue weighted by Gasteiger charge is 2.11.